The van der Waals surface area contributed by atoms with Crippen molar-refractivity contribution < 1.29 is 17.9 Å². The first-order chi connectivity index (χ1) is 13.5. The summed E-state index contributed by atoms with van der Waals surface area (Å²) in [6.45, 7) is 1.96. The van der Waals surface area contributed by atoms with Gasteiger partial charge < -0.3 is 10.1 Å². The van der Waals surface area contributed by atoms with Crippen molar-refractivity contribution in [3.05, 3.63) is 84.4 Å². The van der Waals surface area contributed by atoms with E-state index < -0.39 is 15.9 Å². The second kappa shape index (κ2) is 8.69. The maximum atomic E-state index is 12.7. The van der Waals surface area contributed by atoms with Gasteiger partial charge in [-0.15, -0.1) is 0 Å². The molecule has 0 aliphatic rings. The Balaban J connectivity index is 1.83. The highest BCUT2D eigenvalue weighted by molar-refractivity contribution is 7.89. The Hall–Kier alpha value is -3.16. The number of benzene rings is 3. The molecule has 0 saturated heterocycles. The standard InChI is InChI=1S/C21H20N2O4S/c1-2-22-28(25,26)18-12-8-9-16(15-18)21(24)23-19-13-6-7-14-20(19)27-17-10-4-3-5-11-17/h3-15,22H,2H2,1H3,(H,23,24). The van der Waals surface area contributed by atoms with Gasteiger partial charge in [-0.05, 0) is 42.5 Å². The molecule has 1 amide bonds. The van der Waals surface area contributed by atoms with Crippen molar-refractivity contribution in [2.75, 3.05) is 11.9 Å². The normalized spacial score (nSPS) is 11.0. The molecule has 0 spiro atoms. The van der Waals surface area contributed by atoms with E-state index in [1.54, 1.807) is 37.3 Å². The van der Waals surface area contributed by atoms with E-state index in [1.807, 2.05) is 30.3 Å². The Bertz CT molecular complexity index is 1070. The number of para-hydroxylation sites is 3. The summed E-state index contributed by atoms with van der Waals surface area (Å²) >= 11 is 0. The smallest absolute Gasteiger partial charge is 0.255 e. The molecular weight excluding hydrogens is 376 g/mol. The number of rotatable bonds is 7. The van der Waals surface area contributed by atoms with Gasteiger partial charge in [-0.3, -0.25) is 4.79 Å². The van der Waals surface area contributed by atoms with E-state index in [-0.39, 0.29) is 17.0 Å². The van der Waals surface area contributed by atoms with Gasteiger partial charge in [0.1, 0.15) is 5.75 Å². The topological polar surface area (TPSA) is 84.5 Å². The second-order valence-electron chi connectivity index (χ2n) is 5.89. The van der Waals surface area contributed by atoms with Gasteiger partial charge in [0.15, 0.2) is 5.75 Å². The van der Waals surface area contributed by atoms with Crippen LogP contribution in [0, 0.1) is 0 Å². The van der Waals surface area contributed by atoms with Crippen molar-refractivity contribution >= 4 is 21.6 Å². The number of carbonyl (C=O) groups is 1. The zero-order valence-electron chi connectivity index (χ0n) is 15.3. The summed E-state index contributed by atoms with van der Waals surface area (Å²) < 4.78 is 32.6. The molecule has 3 rings (SSSR count). The summed E-state index contributed by atoms with van der Waals surface area (Å²) in [5.41, 5.74) is 0.713. The summed E-state index contributed by atoms with van der Waals surface area (Å²) in [5.74, 6) is 0.694. The van der Waals surface area contributed by atoms with Gasteiger partial charge in [-0.1, -0.05) is 43.3 Å². The summed E-state index contributed by atoms with van der Waals surface area (Å²) in [5, 5.41) is 2.78. The third-order valence-electron chi connectivity index (χ3n) is 3.85. The minimum Gasteiger partial charge on any atom is -0.455 e. The largest absolute Gasteiger partial charge is 0.455 e. The zero-order chi connectivity index (χ0) is 20.0. The lowest BCUT2D eigenvalue weighted by atomic mass is 10.2. The van der Waals surface area contributed by atoms with E-state index in [0.29, 0.717) is 17.2 Å². The fourth-order valence-electron chi connectivity index (χ4n) is 2.55. The number of hydrogen-bond donors (Lipinski definition) is 2. The van der Waals surface area contributed by atoms with Crippen LogP contribution in [0.2, 0.25) is 0 Å². The molecule has 0 atom stereocenters. The quantitative estimate of drug-likeness (QED) is 0.631. The third kappa shape index (κ3) is 4.76. The van der Waals surface area contributed by atoms with Crippen LogP contribution < -0.4 is 14.8 Å². The predicted octanol–water partition coefficient (Wildman–Crippen LogP) is 4.03. The SMILES string of the molecule is CCNS(=O)(=O)c1cccc(C(=O)Nc2ccccc2Oc2ccccc2)c1. The van der Waals surface area contributed by atoms with E-state index in [2.05, 4.69) is 10.0 Å². The van der Waals surface area contributed by atoms with Crippen LogP contribution in [-0.4, -0.2) is 20.9 Å². The monoisotopic (exact) mass is 396 g/mol. The van der Waals surface area contributed by atoms with Crippen LogP contribution in [-0.2, 0) is 10.0 Å². The molecule has 3 aromatic carbocycles. The predicted molar refractivity (Wildman–Crippen MR) is 108 cm³/mol. The fourth-order valence-corrected chi connectivity index (χ4v) is 3.63. The van der Waals surface area contributed by atoms with Gasteiger partial charge in [-0.25, -0.2) is 13.1 Å². The van der Waals surface area contributed by atoms with Crippen LogP contribution in [0.4, 0.5) is 5.69 Å². The molecule has 0 heterocycles. The molecule has 0 aromatic heterocycles. The van der Waals surface area contributed by atoms with Crippen molar-refractivity contribution in [2.45, 2.75) is 11.8 Å². The molecule has 7 heteroatoms. The maximum Gasteiger partial charge on any atom is 0.255 e. The van der Waals surface area contributed by atoms with E-state index >= 15 is 0 Å². The number of nitrogens with one attached hydrogen (secondary N) is 2. The number of ether oxygens (including phenoxy) is 1. The summed E-state index contributed by atoms with van der Waals surface area (Å²) in [4.78, 5) is 12.7. The Morgan fingerprint density at radius 1 is 0.929 bits per heavy atom. The Morgan fingerprint density at radius 3 is 2.39 bits per heavy atom. The molecule has 2 N–H and O–H groups in total. The van der Waals surface area contributed by atoms with E-state index in [9.17, 15) is 13.2 Å². The molecule has 0 radical (unpaired) electrons. The third-order valence-corrected chi connectivity index (χ3v) is 5.39. The van der Waals surface area contributed by atoms with Crippen LogP contribution >= 0.6 is 0 Å². The minimum atomic E-state index is -3.64. The highest BCUT2D eigenvalue weighted by Gasteiger charge is 2.16. The van der Waals surface area contributed by atoms with Crippen molar-refractivity contribution in [3.63, 3.8) is 0 Å². The van der Waals surface area contributed by atoms with E-state index in [4.69, 9.17) is 4.74 Å². The first kappa shape index (κ1) is 19.6. The molecule has 3 aromatic rings. The van der Waals surface area contributed by atoms with E-state index in [0.717, 1.165) is 0 Å². The minimum absolute atomic E-state index is 0.0378. The molecule has 28 heavy (non-hydrogen) atoms. The highest BCUT2D eigenvalue weighted by atomic mass is 32.2. The van der Waals surface area contributed by atoms with E-state index in [1.165, 1.54) is 18.2 Å². The highest BCUT2D eigenvalue weighted by Crippen LogP contribution is 2.29. The molecule has 6 nitrogen and oxygen atoms in total. The Labute approximate surface area is 164 Å². The van der Waals surface area contributed by atoms with Crippen LogP contribution in [0.25, 0.3) is 0 Å². The van der Waals surface area contributed by atoms with Crippen molar-refractivity contribution in [1.82, 2.24) is 4.72 Å². The number of carbonyl (C=O) groups excluding carboxylic acids is 1. The molecule has 0 aliphatic carbocycles. The lowest BCUT2D eigenvalue weighted by Crippen LogP contribution is -2.23. The van der Waals surface area contributed by atoms with Crippen LogP contribution in [0.15, 0.2) is 83.8 Å². The molecule has 0 bridgehead atoms. The Morgan fingerprint density at radius 2 is 1.64 bits per heavy atom. The average Bonchev–Trinajstić information content (AvgIpc) is 2.70. The van der Waals surface area contributed by atoms with Gasteiger partial charge >= 0.3 is 0 Å². The van der Waals surface area contributed by atoms with Gasteiger partial charge in [-0.2, -0.15) is 0 Å². The van der Waals surface area contributed by atoms with Gasteiger partial charge in [0, 0.05) is 12.1 Å². The van der Waals surface area contributed by atoms with Gasteiger partial charge in [0.25, 0.3) is 5.91 Å². The van der Waals surface area contributed by atoms with Gasteiger partial charge in [0.2, 0.25) is 10.0 Å². The first-order valence-electron chi connectivity index (χ1n) is 8.72. The molecule has 0 fully saturated rings. The lowest BCUT2D eigenvalue weighted by molar-refractivity contribution is 0.102. The maximum absolute atomic E-state index is 12.7. The molecule has 0 aliphatic heterocycles. The average molecular weight is 396 g/mol. The van der Waals surface area contributed by atoms with Crippen LogP contribution in [0.1, 0.15) is 17.3 Å². The number of hydrogen-bond acceptors (Lipinski definition) is 4. The molecule has 144 valence electrons. The molecule has 0 unspecified atom stereocenters. The number of sulfonamides is 1. The van der Waals surface area contributed by atoms with Crippen LogP contribution in [0.3, 0.4) is 0 Å². The number of anilines is 1. The molecular formula is C21H20N2O4S. The van der Waals surface area contributed by atoms with Crippen molar-refractivity contribution in [3.8, 4) is 11.5 Å². The summed E-state index contributed by atoms with van der Waals surface area (Å²) in [7, 11) is -3.64. The fraction of sp³-hybridized carbons (Fsp3) is 0.0952. The summed E-state index contributed by atoms with van der Waals surface area (Å²) in [6, 6.07) is 22.1. The number of amides is 1. The Kier molecular flexibility index (Phi) is 6.08. The lowest BCUT2D eigenvalue weighted by Gasteiger charge is -2.12. The van der Waals surface area contributed by atoms with Crippen LogP contribution in [0.5, 0.6) is 11.5 Å². The first-order valence-corrected chi connectivity index (χ1v) is 10.2. The van der Waals surface area contributed by atoms with Crippen molar-refractivity contribution in [1.29, 1.82) is 0 Å². The van der Waals surface area contributed by atoms with Crippen molar-refractivity contribution in [2.24, 2.45) is 0 Å². The second-order valence-corrected chi connectivity index (χ2v) is 7.66. The zero-order valence-corrected chi connectivity index (χ0v) is 16.1. The van der Waals surface area contributed by atoms with Gasteiger partial charge in [0.05, 0.1) is 10.6 Å². The molecule has 0 saturated carbocycles. The summed E-state index contributed by atoms with van der Waals surface area (Å²) in [6.07, 6.45) is 0.